The van der Waals surface area contributed by atoms with Crippen molar-refractivity contribution >= 4 is 17.0 Å². The number of ether oxygens (including phenoxy) is 2. The van der Waals surface area contributed by atoms with E-state index in [0.29, 0.717) is 18.9 Å². The maximum atomic E-state index is 12.9. The number of imidazole rings is 1. The van der Waals surface area contributed by atoms with Gasteiger partial charge in [0.1, 0.15) is 11.3 Å². The molecule has 0 spiro atoms. The third-order valence-corrected chi connectivity index (χ3v) is 8.04. The van der Waals surface area contributed by atoms with Gasteiger partial charge in [-0.25, -0.2) is 14.5 Å². The molecule has 1 amide bonds. The number of fused-ring (bicyclic) bond motifs is 1. The number of aromatic nitrogens is 5. The minimum Gasteiger partial charge on any atom is -0.444 e. The van der Waals surface area contributed by atoms with Crippen LogP contribution >= 0.6 is 0 Å². The van der Waals surface area contributed by atoms with E-state index in [4.69, 9.17) is 19.6 Å². The number of rotatable bonds is 7. The molecule has 1 N–H and O–H groups in total. The molecule has 1 fully saturated rings. The summed E-state index contributed by atoms with van der Waals surface area (Å²) in [7, 11) is 0. The third-order valence-electron chi connectivity index (χ3n) is 8.04. The highest BCUT2D eigenvalue weighted by molar-refractivity contribution is 5.95. The number of carbonyl (C=O) groups is 1. The first-order chi connectivity index (χ1) is 21.2. The van der Waals surface area contributed by atoms with Crippen LogP contribution in [-0.2, 0) is 16.0 Å². The summed E-state index contributed by atoms with van der Waals surface area (Å²) in [6.45, 7) is 11.4. The van der Waals surface area contributed by atoms with Gasteiger partial charge in [-0.1, -0.05) is 36.4 Å². The van der Waals surface area contributed by atoms with Crippen LogP contribution in [0.1, 0.15) is 64.3 Å². The van der Waals surface area contributed by atoms with Crippen molar-refractivity contribution in [3.05, 3.63) is 78.2 Å². The van der Waals surface area contributed by atoms with Crippen molar-refractivity contribution in [2.45, 2.75) is 72.3 Å². The summed E-state index contributed by atoms with van der Waals surface area (Å²) >= 11 is 0. The van der Waals surface area contributed by atoms with Crippen LogP contribution in [0.25, 0.3) is 44.8 Å². The molecular weight excluding hydrogens is 552 g/mol. The molecule has 1 unspecified atom stereocenters. The fourth-order valence-electron chi connectivity index (χ4n) is 5.68. The van der Waals surface area contributed by atoms with Crippen molar-refractivity contribution < 1.29 is 14.3 Å². The average Bonchev–Trinajstić information content (AvgIpc) is 3.66. The van der Waals surface area contributed by atoms with Crippen molar-refractivity contribution in [1.29, 1.82) is 0 Å². The van der Waals surface area contributed by atoms with E-state index >= 15 is 0 Å². The maximum Gasteiger partial charge on any atom is 0.410 e. The Morgan fingerprint density at radius 1 is 1.09 bits per heavy atom. The molecule has 2 aromatic carbocycles. The Hall–Kier alpha value is -4.50. The largest absolute Gasteiger partial charge is 0.444 e. The van der Waals surface area contributed by atoms with Crippen LogP contribution in [0.5, 0.6) is 0 Å². The number of amides is 1. The van der Waals surface area contributed by atoms with Gasteiger partial charge in [-0.05, 0) is 88.3 Å². The Morgan fingerprint density at radius 3 is 2.64 bits per heavy atom. The number of H-pyrrole nitrogens is 1. The molecule has 1 saturated heterocycles. The van der Waals surface area contributed by atoms with Gasteiger partial charge in [0.05, 0.1) is 24.0 Å². The van der Waals surface area contributed by atoms with Crippen LogP contribution in [0, 0.1) is 6.92 Å². The van der Waals surface area contributed by atoms with E-state index in [9.17, 15) is 4.79 Å². The summed E-state index contributed by atoms with van der Waals surface area (Å²) < 4.78 is 13.8. The summed E-state index contributed by atoms with van der Waals surface area (Å²) in [4.78, 5) is 27.4. The lowest BCUT2D eigenvalue weighted by molar-refractivity contribution is -0.0365. The van der Waals surface area contributed by atoms with Gasteiger partial charge < -0.3 is 19.4 Å². The normalized spacial score (nSPS) is 15.4. The first-order valence-electron chi connectivity index (χ1n) is 15.4. The number of benzene rings is 2. The molecule has 6 rings (SSSR count). The Morgan fingerprint density at radius 2 is 1.91 bits per heavy atom. The van der Waals surface area contributed by atoms with Crippen LogP contribution in [0.15, 0.2) is 67.1 Å². The predicted octanol–water partition coefficient (Wildman–Crippen LogP) is 7.92. The number of pyridine rings is 1. The Labute approximate surface area is 258 Å². The van der Waals surface area contributed by atoms with Crippen molar-refractivity contribution in [1.82, 2.24) is 29.6 Å². The molecule has 3 aromatic heterocycles. The first kappa shape index (κ1) is 29.6. The Bertz CT molecular complexity index is 1760. The van der Waals surface area contributed by atoms with Crippen LogP contribution in [-0.4, -0.2) is 54.5 Å². The smallest absolute Gasteiger partial charge is 0.410 e. The van der Waals surface area contributed by atoms with Crippen molar-refractivity contribution in [2.24, 2.45) is 0 Å². The number of carbonyl (C=O) groups excluding carboxylic acids is 1. The molecule has 5 aromatic rings. The lowest BCUT2D eigenvalue weighted by atomic mass is 9.97. The fraction of sp³-hybridized carbons (Fsp3) is 0.371. The fourth-order valence-corrected chi connectivity index (χ4v) is 5.68. The highest BCUT2D eigenvalue weighted by Crippen LogP contribution is 2.36. The Kier molecular flexibility index (Phi) is 8.23. The summed E-state index contributed by atoms with van der Waals surface area (Å²) in [6, 6.07) is 16.6. The van der Waals surface area contributed by atoms with Crippen LogP contribution in [0.3, 0.4) is 0 Å². The molecule has 0 saturated carbocycles. The number of nitrogens with one attached hydrogen (secondary N) is 1. The van der Waals surface area contributed by atoms with Gasteiger partial charge in [0.15, 0.2) is 12.1 Å². The molecular formula is C35H40N6O3. The lowest BCUT2D eigenvalue weighted by Gasteiger charge is -2.27. The summed E-state index contributed by atoms with van der Waals surface area (Å²) in [5, 5.41) is 6.07. The highest BCUT2D eigenvalue weighted by Gasteiger charge is 2.25. The number of hydrogen-bond acceptors (Lipinski definition) is 6. The second kappa shape index (κ2) is 12.2. The lowest BCUT2D eigenvalue weighted by Crippen LogP contribution is -2.36. The maximum absolute atomic E-state index is 12.9. The van der Waals surface area contributed by atoms with Crippen LogP contribution in [0.2, 0.25) is 0 Å². The summed E-state index contributed by atoms with van der Waals surface area (Å²) in [6.07, 6.45) is 8.22. The molecule has 0 aliphatic carbocycles. The van der Waals surface area contributed by atoms with E-state index in [0.717, 1.165) is 76.0 Å². The van der Waals surface area contributed by atoms with Gasteiger partial charge in [-0.2, -0.15) is 5.10 Å². The predicted molar refractivity (Wildman–Crippen MR) is 172 cm³/mol. The standard InChI is InChI=1S/C35H40N6O3/c1-6-40(34(42)44-35(3,4)5)22-26-19-36-20-28(23(26)2)25-15-16-30-27(18-25)32(39-41(30)31-14-10-11-17-43-31)33-37-21-29(38-33)24-12-8-7-9-13-24/h7-9,12-13,15-16,18-21,31H,6,10-11,14,17,22H2,1-5H3,(H,37,38). The van der Waals surface area contributed by atoms with Crippen molar-refractivity contribution in [3.8, 4) is 33.9 Å². The van der Waals surface area contributed by atoms with Gasteiger partial charge in [-0.15, -0.1) is 0 Å². The van der Waals surface area contributed by atoms with Crippen molar-refractivity contribution in [3.63, 3.8) is 0 Å². The van der Waals surface area contributed by atoms with E-state index < -0.39 is 5.60 Å². The third kappa shape index (κ3) is 6.10. The zero-order chi connectivity index (χ0) is 30.8. The molecule has 44 heavy (non-hydrogen) atoms. The monoisotopic (exact) mass is 592 g/mol. The van der Waals surface area contributed by atoms with Gasteiger partial charge in [0, 0.05) is 36.5 Å². The van der Waals surface area contributed by atoms with E-state index in [1.54, 1.807) is 4.90 Å². The molecule has 0 radical (unpaired) electrons. The second-order valence-electron chi connectivity index (χ2n) is 12.3. The average molecular weight is 593 g/mol. The van der Waals surface area contributed by atoms with E-state index in [1.165, 1.54) is 0 Å². The van der Waals surface area contributed by atoms with E-state index in [2.05, 4.69) is 47.2 Å². The summed E-state index contributed by atoms with van der Waals surface area (Å²) in [5.74, 6) is 0.708. The van der Waals surface area contributed by atoms with Gasteiger partial charge in [-0.3, -0.25) is 4.98 Å². The van der Waals surface area contributed by atoms with Crippen LogP contribution in [0.4, 0.5) is 4.79 Å². The van der Waals surface area contributed by atoms with Crippen molar-refractivity contribution in [2.75, 3.05) is 13.2 Å². The molecule has 1 aliphatic heterocycles. The minimum absolute atomic E-state index is 0.117. The highest BCUT2D eigenvalue weighted by atomic mass is 16.6. The zero-order valence-electron chi connectivity index (χ0n) is 26.1. The number of nitrogens with zero attached hydrogens (tertiary/aromatic N) is 5. The van der Waals surface area contributed by atoms with E-state index in [1.807, 2.05) is 69.2 Å². The molecule has 4 heterocycles. The molecule has 1 atom stereocenters. The van der Waals surface area contributed by atoms with E-state index in [-0.39, 0.29) is 12.3 Å². The molecule has 228 valence electrons. The molecule has 1 aliphatic rings. The van der Waals surface area contributed by atoms with Gasteiger partial charge in [0.2, 0.25) is 0 Å². The zero-order valence-corrected chi connectivity index (χ0v) is 26.1. The topological polar surface area (TPSA) is 98.2 Å². The molecule has 9 heteroatoms. The van der Waals surface area contributed by atoms with Gasteiger partial charge in [0.25, 0.3) is 0 Å². The minimum atomic E-state index is -0.560. The summed E-state index contributed by atoms with van der Waals surface area (Å²) in [5.41, 5.74) is 7.28. The second-order valence-corrected chi connectivity index (χ2v) is 12.3. The number of hydrogen-bond donors (Lipinski definition) is 1. The first-order valence-corrected chi connectivity index (χ1v) is 15.4. The number of aromatic amines is 1. The van der Waals surface area contributed by atoms with Crippen LogP contribution < -0.4 is 0 Å². The van der Waals surface area contributed by atoms with Gasteiger partial charge >= 0.3 is 6.09 Å². The molecule has 0 bridgehead atoms. The Balaban J connectivity index is 1.40. The SMILES string of the molecule is CCN(Cc1cncc(-c2ccc3c(c2)c(-c2ncc(-c4ccccc4)[nH]2)nn3C2CCCCO2)c1C)C(=O)OC(C)(C)C. The molecule has 9 nitrogen and oxygen atoms in total. The quantitative estimate of drug-likeness (QED) is 0.206.